The van der Waals surface area contributed by atoms with Crippen molar-refractivity contribution in [1.29, 1.82) is 0 Å². The van der Waals surface area contributed by atoms with E-state index in [-0.39, 0.29) is 24.9 Å². The minimum Gasteiger partial charge on any atom is -0.488 e. The molecule has 4 aromatic rings. The zero-order valence-corrected chi connectivity index (χ0v) is 18.3. The van der Waals surface area contributed by atoms with E-state index in [1.54, 1.807) is 44.4 Å². The molecule has 0 aliphatic rings. The van der Waals surface area contributed by atoms with Crippen LogP contribution < -0.4 is 4.74 Å². The van der Waals surface area contributed by atoms with E-state index >= 15 is 0 Å². The van der Waals surface area contributed by atoms with Gasteiger partial charge in [-0.2, -0.15) is 5.10 Å². The van der Waals surface area contributed by atoms with Gasteiger partial charge < -0.3 is 24.0 Å². The highest BCUT2D eigenvalue weighted by molar-refractivity contribution is 5.95. The average Bonchev–Trinajstić information content (AvgIpc) is 3.46. The number of aromatic amines is 1. The number of hydrogen-bond donors (Lipinski definition) is 2. The lowest BCUT2D eigenvalue weighted by atomic mass is 10.1. The molecule has 2 heterocycles. The smallest absolute Gasteiger partial charge is 0.253 e. The number of methoxy groups -OCH3 is 1. The van der Waals surface area contributed by atoms with Crippen LogP contribution in [-0.4, -0.2) is 71.8 Å². The van der Waals surface area contributed by atoms with E-state index in [0.717, 1.165) is 5.56 Å². The van der Waals surface area contributed by atoms with Crippen molar-refractivity contribution in [3.05, 3.63) is 53.8 Å². The quantitative estimate of drug-likeness (QED) is 0.421. The SMILES string of the molecule is COC(CO)COc1cc2[nH]nc(-c3cc(-c4ccc(C(=O)N(C)C)cc4)no3)c2cc1F. The predicted molar refractivity (Wildman–Crippen MR) is 118 cm³/mol. The summed E-state index contributed by atoms with van der Waals surface area (Å²) in [5, 5.41) is 20.8. The molecule has 10 heteroatoms. The number of nitrogens with zero attached hydrogens (tertiary/aromatic N) is 3. The summed E-state index contributed by atoms with van der Waals surface area (Å²) in [6.45, 7) is -0.238. The van der Waals surface area contributed by atoms with Crippen molar-refractivity contribution >= 4 is 16.8 Å². The number of carbonyl (C=O) groups excluding carboxylic acids is 1. The molecule has 33 heavy (non-hydrogen) atoms. The lowest BCUT2D eigenvalue weighted by Crippen LogP contribution is -2.24. The first-order valence-electron chi connectivity index (χ1n) is 10.1. The molecular formula is C23H23FN4O5. The summed E-state index contributed by atoms with van der Waals surface area (Å²) in [4.78, 5) is 13.6. The lowest BCUT2D eigenvalue weighted by Gasteiger charge is -2.14. The molecule has 2 aromatic carbocycles. The number of aliphatic hydroxyl groups excluding tert-OH is 1. The summed E-state index contributed by atoms with van der Waals surface area (Å²) < 4.78 is 30.6. The number of halogens is 1. The summed E-state index contributed by atoms with van der Waals surface area (Å²) in [5.41, 5.74) is 2.83. The molecule has 0 spiro atoms. The summed E-state index contributed by atoms with van der Waals surface area (Å²) in [7, 11) is 4.82. The molecule has 1 amide bonds. The molecule has 9 nitrogen and oxygen atoms in total. The number of aliphatic hydroxyl groups is 1. The van der Waals surface area contributed by atoms with Crippen LogP contribution in [0.5, 0.6) is 5.75 Å². The Labute approximate surface area is 188 Å². The first-order valence-corrected chi connectivity index (χ1v) is 10.1. The van der Waals surface area contributed by atoms with E-state index in [1.807, 2.05) is 0 Å². The molecule has 1 unspecified atom stereocenters. The summed E-state index contributed by atoms with van der Waals surface area (Å²) >= 11 is 0. The zero-order chi connectivity index (χ0) is 23.5. The second kappa shape index (κ2) is 9.39. The third kappa shape index (κ3) is 4.57. The van der Waals surface area contributed by atoms with Gasteiger partial charge in [-0.05, 0) is 18.2 Å². The van der Waals surface area contributed by atoms with Crippen LogP contribution >= 0.6 is 0 Å². The fourth-order valence-corrected chi connectivity index (χ4v) is 3.26. The van der Waals surface area contributed by atoms with Gasteiger partial charge in [0.1, 0.15) is 24.1 Å². The third-order valence-corrected chi connectivity index (χ3v) is 5.15. The molecule has 0 saturated heterocycles. The molecule has 0 radical (unpaired) electrons. The number of nitrogens with one attached hydrogen (secondary N) is 1. The van der Waals surface area contributed by atoms with Gasteiger partial charge in [0.2, 0.25) is 0 Å². The molecule has 2 aromatic heterocycles. The van der Waals surface area contributed by atoms with Gasteiger partial charge in [0.15, 0.2) is 17.3 Å². The first-order chi connectivity index (χ1) is 15.9. The van der Waals surface area contributed by atoms with Gasteiger partial charge in [0, 0.05) is 49.9 Å². The molecule has 1 atom stereocenters. The van der Waals surface area contributed by atoms with Crippen molar-refractivity contribution in [1.82, 2.24) is 20.3 Å². The van der Waals surface area contributed by atoms with Gasteiger partial charge in [0.05, 0.1) is 12.1 Å². The Morgan fingerprint density at radius 2 is 2.00 bits per heavy atom. The maximum atomic E-state index is 14.6. The fourth-order valence-electron chi connectivity index (χ4n) is 3.26. The maximum absolute atomic E-state index is 14.6. The number of benzene rings is 2. The van der Waals surface area contributed by atoms with Gasteiger partial charge in [-0.1, -0.05) is 17.3 Å². The molecule has 4 rings (SSSR count). The van der Waals surface area contributed by atoms with Crippen molar-refractivity contribution in [3.63, 3.8) is 0 Å². The van der Waals surface area contributed by atoms with Crippen molar-refractivity contribution in [2.75, 3.05) is 34.4 Å². The van der Waals surface area contributed by atoms with Crippen LogP contribution in [0.1, 0.15) is 10.4 Å². The number of hydrogen-bond acceptors (Lipinski definition) is 7. The number of rotatable bonds is 8. The van der Waals surface area contributed by atoms with Crippen LogP contribution in [0.4, 0.5) is 4.39 Å². The van der Waals surface area contributed by atoms with Crippen molar-refractivity contribution < 1.29 is 28.3 Å². The van der Waals surface area contributed by atoms with Gasteiger partial charge in [-0.25, -0.2) is 4.39 Å². The summed E-state index contributed by atoms with van der Waals surface area (Å²) in [6, 6.07) is 11.5. The highest BCUT2D eigenvalue weighted by Gasteiger charge is 2.18. The Balaban J connectivity index is 1.58. The minimum absolute atomic E-state index is 0.000809. The maximum Gasteiger partial charge on any atom is 0.253 e. The topological polar surface area (TPSA) is 114 Å². The van der Waals surface area contributed by atoms with E-state index in [4.69, 9.17) is 14.0 Å². The molecule has 172 valence electrons. The molecule has 0 aliphatic heterocycles. The summed E-state index contributed by atoms with van der Waals surface area (Å²) in [5.74, 6) is -0.306. The Hall–Kier alpha value is -3.76. The van der Waals surface area contributed by atoms with Gasteiger partial charge in [0.25, 0.3) is 5.91 Å². The second-order valence-electron chi connectivity index (χ2n) is 7.61. The standard InChI is InChI=1S/C23H23FN4O5/c1-28(2)23(30)14-6-4-13(5-7-14)18-9-21(33-27-18)22-16-8-17(24)20(10-19(16)25-26-22)32-12-15(11-29)31-3/h4-10,15,29H,11-12H2,1-3H3,(H,25,26). The number of aromatic nitrogens is 3. The summed E-state index contributed by atoms with van der Waals surface area (Å²) in [6.07, 6.45) is -0.555. The van der Waals surface area contributed by atoms with Gasteiger partial charge >= 0.3 is 0 Å². The van der Waals surface area contributed by atoms with Crippen LogP contribution in [0.2, 0.25) is 0 Å². The molecule has 0 bridgehead atoms. The first kappa shape index (κ1) is 22.4. The van der Waals surface area contributed by atoms with E-state index in [0.29, 0.717) is 33.6 Å². The van der Waals surface area contributed by atoms with Crippen molar-refractivity contribution in [2.45, 2.75) is 6.10 Å². The van der Waals surface area contributed by atoms with Crippen LogP contribution in [0.25, 0.3) is 33.6 Å². The molecule has 2 N–H and O–H groups in total. The monoisotopic (exact) mass is 454 g/mol. The number of carbonyl (C=O) groups is 1. The number of amides is 1. The molecule has 0 fully saturated rings. The average molecular weight is 454 g/mol. The van der Waals surface area contributed by atoms with Gasteiger partial charge in [-0.15, -0.1) is 0 Å². The van der Waals surface area contributed by atoms with Crippen LogP contribution in [0.15, 0.2) is 47.0 Å². The lowest BCUT2D eigenvalue weighted by molar-refractivity contribution is 0.0155. The van der Waals surface area contributed by atoms with E-state index in [9.17, 15) is 14.3 Å². The van der Waals surface area contributed by atoms with Crippen LogP contribution in [-0.2, 0) is 4.74 Å². The predicted octanol–water partition coefficient (Wildman–Crippen LogP) is 3.11. The van der Waals surface area contributed by atoms with E-state index < -0.39 is 11.9 Å². The normalized spacial score (nSPS) is 12.2. The Kier molecular flexibility index (Phi) is 6.38. The van der Waals surface area contributed by atoms with E-state index in [2.05, 4.69) is 15.4 Å². The van der Waals surface area contributed by atoms with E-state index in [1.165, 1.54) is 24.1 Å². The molecular weight excluding hydrogens is 431 g/mol. The largest absolute Gasteiger partial charge is 0.488 e. The zero-order valence-electron chi connectivity index (χ0n) is 18.3. The fraction of sp³-hybridized carbons (Fsp3) is 0.261. The van der Waals surface area contributed by atoms with Gasteiger partial charge in [-0.3, -0.25) is 9.89 Å². The van der Waals surface area contributed by atoms with Crippen molar-refractivity contribution in [3.8, 4) is 28.5 Å². The highest BCUT2D eigenvalue weighted by atomic mass is 19.1. The second-order valence-corrected chi connectivity index (χ2v) is 7.61. The van der Waals surface area contributed by atoms with Crippen molar-refractivity contribution in [2.24, 2.45) is 0 Å². The Morgan fingerprint density at radius 1 is 1.24 bits per heavy atom. The number of ether oxygens (including phenoxy) is 2. The minimum atomic E-state index is -0.584. The molecule has 0 aliphatic carbocycles. The number of fused-ring (bicyclic) bond motifs is 1. The molecule has 0 saturated carbocycles. The Morgan fingerprint density at radius 3 is 2.67 bits per heavy atom. The third-order valence-electron chi connectivity index (χ3n) is 5.15. The highest BCUT2D eigenvalue weighted by Crippen LogP contribution is 2.33. The van der Waals surface area contributed by atoms with Crippen LogP contribution in [0, 0.1) is 5.82 Å². The Bertz CT molecular complexity index is 1260. The number of H-pyrrole nitrogens is 1. The van der Waals surface area contributed by atoms with Crippen LogP contribution in [0.3, 0.4) is 0 Å².